The molecule has 1 aromatic heterocycles. The second-order valence-corrected chi connectivity index (χ2v) is 12.3. The Morgan fingerprint density at radius 3 is 2.27 bits per heavy atom. The fourth-order valence-corrected chi connectivity index (χ4v) is 6.07. The van der Waals surface area contributed by atoms with Crippen molar-refractivity contribution in [3.05, 3.63) is 78.0 Å². The van der Waals surface area contributed by atoms with Gasteiger partial charge in [0.15, 0.2) is 0 Å². The van der Waals surface area contributed by atoms with E-state index in [0.29, 0.717) is 30.3 Å². The number of anilines is 2. The Hall–Kier alpha value is -4.08. The zero-order chi connectivity index (χ0) is 31.1. The van der Waals surface area contributed by atoms with Crippen LogP contribution in [-0.2, 0) is 16.0 Å². The number of aromatic nitrogens is 1. The molecule has 1 atom stereocenters. The van der Waals surface area contributed by atoms with Crippen molar-refractivity contribution >= 4 is 29.0 Å². The fourth-order valence-electron chi connectivity index (χ4n) is 6.07. The summed E-state index contributed by atoms with van der Waals surface area (Å²) < 4.78 is 0. The minimum absolute atomic E-state index is 0.0692. The first-order chi connectivity index (χ1) is 21.3. The van der Waals surface area contributed by atoms with E-state index in [4.69, 9.17) is 11.1 Å². The summed E-state index contributed by atoms with van der Waals surface area (Å²) >= 11 is 0. The molecule has 2 aliphatic rings. The van der Waals surface area contributed by atoms with E-state index < -0.39 is 6.04 Å². The number of carbonyl (C=O) groups is 2. The number of piperazine rings is 1. The monoisotopic (exact) mass is 595 g/mol. The molecule has 1 aliphatic heterocycles. The second kappa shape index (κ2) is 14.6. The summed E-state index contributed by atoms with van der Waals surface area (Å²) in [5, 5.41) is 13.9. The molecule has 5 rings (SSSR count). The number of likely N-dealkylation sites (N-methyl/N-ethyl adjacent to an activating group) is 1. The molecule has 2 amide bonds. The largest absolute Gasteiger partial charge is 0.354 e. The van der Waals surface area contributed by atoms with Gasteiger partial charge in [0.1, 0.15) is 11.9 Å². The molecule has 5 N–H and O–H groups in total. The number of hydrogen-bond donors (Lipinski definition) is 4. The number of pyridine rings is 1. The molecule has 9 heteroatoms. The van der Waals surface area contributed by atoms with E-state index in [-0.39, 0.29) is 17.7 Å². The normalized spacial score (nSPS) is 19.7. The molecule has 9 nitrogen and oxygen atoms in total. The van der Waals surface area contributed by atoms with Crippen LogP contribution in [0.1, 0.15) is 43.7 Å². The third-order valence-corrected chi connectivity index (χ3v) is 9.07. The number of nitrogens with one attached hydrogen (secondary N) is 3. The van der Waals surface area contributed by atoms with E-state index in [0.717, 1.165) is 79.9 Å². The quantitative estimate of drug-likeness (QED) is 0.259. The molecular formula is C35H45N7O2. The van der Waals surface area contributed by atoms with Crippen LogP contribution in [0, 0.1) is 17.2 Å². The van der Waals surface area contributed by atoms with Gasteiger partial charge in [-0.25, -0.2) is 4.98 Å². The Balaban J connectivity index is 1.29. The highest BCUT2D eigenvalue weighted by molar-refractivity contribution is 5.99. The van der Waals surface area contributed by atoms with Gasteiger partial charge in [-0.05, 0) is 98.6 Å². The van der Waals surface area contributed by atoms with Crippen LogP contribution in [0.25, 0.3) is 11.1 Å². The number of carbonyl (C=O) groups excluding carboxylic acids is 2. The summed E-state index contributed by atoms with van der Waals surface area (Å²) in [5.74, 6) is 1.03. The zero-order valence-corrected chi connectivity index (χ0v) is 25.9. The van der Waals surface area contributed by atoms with Gasteiger partial charge >= 0.3 is 0 Å². The van der Waals surface area contributed by atoms with E-state index in [9.17, 15) is 9.59 Å². The van der Waals surface area contributed by atoms with Gasteiger partial charge in [-0.15, -0.1) is 0 Å². The van der Waals surface area contributed by atoms with Gasteiger partial charge in [0.05, 0.1) is 0 Å². The summed E-state index contributed by atoms with van der Waals surface area (Å²) in [7, 11) is 2.15. The van der Waals surface area contributed by atoms with E-state index in [1.54, 1.807) is 19.1 Å². The van der Waals surface area contributed by atoms with Crippen LogP contribution >= 0.6 is 0 Å². The highest BCUT2D eigenvalue weighted by atomic mass is 16.2. The summed E-state index contributed by atoms with van der Waals surface area (Å²) in [5.41, 5.74) is 10.9. The lowest BCUT2D eigenvalue weighted by atomic mass is 9.81. The number of hydrogen-bond acceptors (Lipinski definition) is 7. The molecule has 0 unspecified atom stereocenters. The first-order valence-electron chi connectivity index (χ1n) is 15.7. The average molecular weight is 596 g/mol. The van der Waals surface area contributed by atoms with Crippen LogP contribution < -0.4 is 21.3 Å². The number of rotatable bonds is 10. The van der Waals surface area contributed by atoms with Crippen LogP contribution in [0.15, 0.2) is 66.9 Å². The summed E-state index contributed by atoms with van der Waals surface area (Å²) in [6.45, 7) is 6.35. The lowest BCUT2D eigenvalue weighted by Gasteiger charge is -2.33. The Bertz CT molecular complexity index is 1420. The topological polar surface area (TPSA) is 127 Å². The molecule has 0 radical (unpaired) electrons. The maximum absolute atomic E-state index is 13.5. The fraction of sp³-hybridized carbons (Fsp3) is 0.429. The lowest BCUT2D eigenvalue weighted by molar-refractivity contribution is -0.130. The lowest BCUT2D eigenvalue weighted by Crippen LogP contribution is -2.48. The van der Waals surface area contributed by atoms with Gasteiger partial charge in [0, 0.05) is 56.1 Å². The molecule has 0 bridgehead atoms. The molecule has 2 fully saturated rings. The Kier molecular flexibility index (Phi) is 10.4. The molecule has 1 saturated carbocycles. The van der Waals surface area contributed by atoms with E-state index in [1.807, 2.05) is 36.5 Å². The second-order valence-electron chi connectivity index (χ2n) is 12.3. The molecule has 1 aliphatic carbocycles. The molecule has 0 spiro atoms. The summed E-state index contributed by atoms with van der Waals surface area (Å²) in [6, 6.07) is 18.9. The third kappa shape index (κ3) is 8.09. The smallest absolute Gasteiger partial charge is 0.247 e. The molecule has 2 heterocycles. The van der Waals surface area contributed by atoms with Crippen molar-refractivity contribution in [3.8, 4) is 11.1 Å². The van der Waals surface area contributed by atoms with Crippen molar-refractivity contribution in [2.24, 2.45) is 17.6 Å². The van der Waals surface area contributed by atoms with Gasteiger partial charge in [-0.1, -0.05) is 36.4 Å². The average Bonchev–Trinajstić information content (AvgIpc) is 3.05. The highest BCUT2D eigenvalue weighted by Crippen LogP contribution is 2.29. The third-order valence-electron chi connectivity index (χ3n) is 9.07. The van der Waals surface area contributed by atoms with Crippen molar-refractivity contribution in [2.45, 2.75) is 45.1 Å². The van der Waals surface area contributed by atoms with Gasteiger partial charge in [0.25, 0.3) is 0 Å². The number of nitrogens with zero attached hydrogens (tertiary/aromatic N) is 3. The van der Waals surface area contributed by atoms with Gasteiger partial charge in [0.2, 0.25) is 11.8 Å². The molecular weight excluding hydrogens is 550 g/mol. The van der Waals surface area contributed by atoms with Gasteiger partial charge in [-0.3, -0.25) is 9.59 Å². The first-order valence-corrected chi connectivity index (χ1v) is 15.7. The molecule has 232 valence electrons. The Morgan fingerprint density at radius 2 is 1.64 bits per heavy atom. The van der Waals surface area contributed by atoms with Crippen LogP contribution in [0.4, 0.5) is 11.5 Å². The zero-order valence-electron chi connectivity index (χ0n) is 25.9. The van der Waals surface area contributed by atoms with E-state index in [2.05, 4.69) is 50.7 Å². The van der Waals surface area contributed by atoms with Gasteiger partial charge < -0.3 is 31.6 Å². The Labute approximate surface area is 260 Å². The predicted octanol–water partition coefficient (Wildman–Crippen LogP) is 4.32. The number of nitrogens with two attached hydrogens (primary N) is 1. The highest BCUT2D eigenvalue weighted by Gasteiger charge is 2.29. The van der Waals surface area contributed by atoms with Crippen LogP contribution in [0.3, 0.4) is 0 Å². The Morgan fingerprint density at radius 1 is 0.955 bits per heavy atom. The van der Waals surface area contributed by atoms with Crippen molar-refractivity contribution < 1.29 is 9.59 Å². The standard InChI is InChI=1S/C35H45N7O2/c1-24(37)27-11-13-31(14-12-27)39-35(44)32(40-34(43)29-9-5-26(23-36)6-10-29)21-25-3-7-28(8-4-25)30-15-16-38-33(22-30)42-19-17-41(2)18-20-42/h3-4,7-8,11-16,22,26,29,32,37H,5-6,9-10,17-21,23,36H2,1-2H3,(H,39,44)(H,40,43)/t26?,29?,32-/m0/s1. The minimum Gasteiger partial charge on any atom is -0.354 e. The number of benzene rings is 2. The molecule has 2 aromatic carbocycles. The van der Waals surface area contributed by atoms with Crippen molar-refractivity contribution in [1.29, 1.82) is 5.41 Å². The summed E-state index contributed by atoms with van der Waals surface area (Å²) in [6.07, 6.45) is 5.71. The van der Waals surface area contributed by atoms with E-state index in [1.165, 1.54) is 0 Å². The SMILES string of the molecule is CC(=N)c1ccc(NC(=O)[C@H](Cc2ccc(-c3ccnc(N4CCN(C)CC4)c3)cc2)NC(=O)C2CCC(CN)CC2)cc1. The predicted molar refractivity (Wildman–Crippen MR) is 177 cm³/mol. The maximum atomic E-state index is 13.5. The molecule has 1 saturated heterocycles. The number of amides is 2. The van der Waals surface area contributed by atoms with Crippen LogP contribution in [-0.4, -0.2) is 73.2 Å². The van der Waals surface area contributed by atoms with Crippen LogP contribution in [0.5, 0.6) is 0 Å². The van der Waals surface area contributed by atoms with Crippen molar-refractivity contribution in [1.82, 2.24) is 15.2 Å². The molecule has 3 aromatic rings. The van der Waals surface area contributed by atoms with Gasteiger partial charge in [-0.2, -0.15) is 0 Å². The van der Waals surface area contributed by atoms with Crippen molar-refractivity contribution in [3.63, 3.8) is 0 Å². The minimum atomic E-state index is -0.727. The van der Waals surface area contributed by atoms with Crippen molar-refractivity contribution in [2.75, 3.05) is 50.0 Å². The summed E-state index contributed by atoms with van der Waals surface area (Å²) in [4.78, 5) is 36.2. The molecule has 44 heavy (non-hydrogen) atoms. The first kappa shape index (κ1) is 31.3. The van der Waals surface area contributed by atoms with E-state index >= 15 is 0 Å². The van der Waals surface area contributed by atoms with Crippen LogP contribution in [0.2, 0.25) is 0 Å². The maximum Gasteiger partial charge on any atom is 0.247 e.